The van der Waals surface area contributed by atoms with Gasteiger partial charge in [0.15, 0.2) is 0 Å². The Kier molecular flexibility index (Phi) is 14.2. The number of rotatable bonds is 0. The van der Waals surface area contributed by atoms with Crippen molar-refractivity contribution in [2.75, 3.05) is 0 Å². The van der Waals surface area contributed by atoms with E-state index in [-0.39, 0.29) is 51.9 Å². The van der Waals surface area contributed by atoms with Crippen LogP contribution in [0.25, 0.3) is 0 Å². The maximum absolute atomic E-state index is 9.18. The molecule has 1 aromatic rings. The van der Waals surface area contributed by atoms with Gasteiger partial charge in [-0.25, -0.2) is 11.6 Å². The van der Waals surface area contributed by atoms with Crippen LogP contribution in [-0.4, -0.2) is 5.11 Å². The van der Waals surface area contributed by atoms with Crippen molar-refractivity contribution in [3.8, 4) is 5.75 Å². The third-order valence-corrected chi connectivity index (χ3v) is 2.58. The van der Waals surface area contributed by atoms with Gasteiger partial charge in [-0.2, -0.15) is 6.08 Å². The van der Waals surface area contributed by atoms with Crippen LogP contribution < -0.4 is 0 Å². The topological polar surface area (TPSA) is 20.2 Å². The molecule has 1 nitrogen and oxygen atoms in total. The second-order valence-corrected chi connectivity index (χ2v) is 5.27. The first-order valence-corrected chi connectivity index (χ1v) is 5.93. The molecule has 0 saturated heterocycles. The predicted molar refractivity (Wildman–Crippen MR) is 87.5 cm³/mol. The van der Waals surface area contributed by atoms with E-state index < -0.39 is 0 Å². The molecule has 2 rings (SSSR count). The Morgan fingerprint density at radius 1 is 1.15 bits per heavy atom. The zero-order chi connectivity index (χ0) is 12.9. The van der Waals surface area contributed by atoms with Gasteiger partial charge in [-0.15, -0.1) is 31.2 Å². The first kappa shape index (κ1) is 24.8. The number of hydrogen-bond acceptors (Lipinski definition) is 1. The van der Waals surface area contributed by atoms with E-state index in [1.54, 1.807) is 12.1 Å². The second-order valence-electron chi connectivity index (χ2n) is 5.27. The van der Waals surface area contributed by atoms with Crippen molar-refractivity contribution >= 4 is 24.8 Å². The molecule has 0 unspecified atom stereocenters. The van der Waals surface area contributed by atoms with Crippen molar-refractivity contribution in [2.45, 2.75) is 39.5 Å². The number of halogens is 2. The molecule has 0 aliphatic heterocycles. The Morgan fingerprint density at radius 2 is 1.75 bits per heavy atom. The zero-order valence-electron chi connectivity index (χ0n) is 12.4. The van der Waals surface area contributed by atoms with Crippen LogP contribution in [0.4, 0.5) is 0 Å². The zero-order valence-corrected chi connectivity index (χ0v) is 15.6. The molecule has 4 heteroatoms. The summed E-state index contributed by atoms with van der Waals surface area (Å²) in [6.45, 7) is 8.44. The summed E-state index contributed by atoms with van der Waals surface area (Å²) in [5.74, 6) is 0.345. The van der Waals surface area contributed by atoms with Crippen LogP contribution in [0.1, 0.15) is 39.7 Å². The van der Waals surface area contributed by atoms with Gasteiger partial charge in [0.2, 0.25) is 0 Å². The fraction of sp³-hybridized carbons (Fsp3) is 0.375. The summed E-state index contributed by atoms with van der Waals surface area (Å²) in [5.41, 5.74) is 2.56. The van der Waals surface area contributed by atoms with Crippen LogP contribution in [-0.2, 0) is 27.1 Å². The van der Waals surface area contributed by atoms with Crippen LogP contribution in [0, 0.1) is 6.08 Å². The Hall–Kier alpha value is -0.206. The average molecular weight is 350 g/mol. The number of benzene rings is 1. The number of phenolic OH excluding ortho intramolecular Hbond substituents is 1. The Morgan fingerprint density at radius 3 is 2.00 bits per heavy atom. The molecule has 0 spiro atoms. The minimum atomic E-state index is 0. The fourth-order valence-corrected chi connectivity index (χ4v) is 1.49. The third kappa shape index (κ3) is 9.66. The Balaban J connectivity index is -0.000000281. The van der Waals surface area contributed by atoms with Gasteiger partial charge in [0.05, 0.1) is 0 Å². The minimum Gasteiger partial charge on any atom is -0.508 e. The molecule has 0 fully saturated rings. The van der Waals surface area contributed by atoms with Crippen molar-refractivity contribution in [1.29, 1.82) is 0 Å². The van der Waals surface area contributed by atoms with Gasteiger partial charge in [0.25, 0.3) is 0 Å². The molecule has 112 valence electrons. The van der Waals surface area contributed by atoms with Gasteiger partial charge in [-0.1, -0.05) is 39.8 Å². The quantitative estimate of drug-likeness (QED) is 0.502. The van der Waals surface area contributed by atoms with Crippen molar-refractivity contribution < 1.29 is 26.8 Å². The summed E-state index contributed by atoms with van der Waals surface area (Å²) < 4.78 is 0. The van der Waals surface area contributed by atoms with Gasteiger partial charge >= 0.3 is 0 Å². The van der Waals surface area contributed by atoms with E-state index in [0.29, 0.717) is 5.75 Å². The smallest absolute Gasteiger partial charge is 0.115 e. The first-order valence-electron chi connectivity index (χ1n) is 5.93. The van der Waals surface area contributed by atoms with Crippen molar-refractivity contribution in [3.05, 3.63) is 53.6 Å². The van der Waals surface area contributed by atoms with Gasteiger partial charge in [-0.05, 0) is 23.1 Å². The molecule has 0 saturated carbocycles. The predicted octanol–water partition coefficient (Wildman–Crippen LogP) is 5.23. The normalized spacial score (nSPS) is 11.9. The van der Waals surface area contributed by atoms with Gasteiger partial charge in [0, 0.05) is 21.7 Å². The summed E-state index contributed by atoms with van der Waals surface area (Å²) in [5, 5.41) is 9.18. The Bertz CT molecular complexity index is 432. The van der Waals surface area contributed by atoms with E-state index in [2.05, 4.69) is 45.9 Å². The number of hydrogen-bond donors (Lipinski definition) is 1. The fourth-order valence-electron chi connectivity index (χ4n) is 1.49. The molecule has 1 aliphatic carbocycles. The molecule has 0 atom stereocenters. The molecular formula is C16H23Cl2OTi-. The largest absolute Gasteiger partial charge is 0.508 e. The van der Waals surface area contributed by atoms with Crippen LogP contribution in [0.15, 0.2) is 42.0 Å². The van der Waals surface area contributed by atoms with Crippen LogP contribution in [0.5, 0.6) is 5.75 Å². The monoisotopic (exact) mass is 349 g/mol. The molecule has 0 heterocycles. The SMILES string of the molecule is CC(C)(C)c1cccc(O)c1.CC1=[C-]CC=C1.Cl.Cl.[Ti]. The molecule has 20 heavy (non-hydrogen) atoms. The van der Waals surface area contributed by atoms with Crippen molar-refractivity contribution in [2.24, 2.45) is 0 Å². The van der Waals surface area contributed by atoms with Crippen molar-refractivity contribution in [1.82, 2.24) is 0 Å². The standard InChI is InChI=1S/C10H14O.C6H7.2ClH.Ti/c1-10(2,3)8-5-4-6-9(11)7-8;1-6-4-2-3-5-6;;;/h4-7,11H,1-3H3;2,4H,3H2,1H3;2*1H;/q;-1;;;. The molecule has 0 radical (unpaired) electrons. The van der Waals surface area contributed by atoms with Crippen molar-refractivity contribution in [3.63, 3.8) is 0 Å². The number of aromatic hydroxyl groups is 1. The Labute approximate surface area is 150 Å². The van der Waals surface area contributed by atoms with Crippen LogP contribution in [0.2, 0.25) is 0 Å². The molecule has 1 aliphatic rings. The summed E-state index contributed by atoms with van der Waals surface area (Å²) >= 11 is 0. The van der Waals surface area contributed by atoms with Gasteiger partial charge in [0.1, 0.15) is 5.75 Å². The summed E-state index contributed by atoms with van der Waals surface area (Å²) in [4.78, 5) is 0. The van der Waals surface area contributed by atoms with E-state index in [9.17, 15) is 5.11 Å². The van der Waals surface area contributed by atoms with Crippen LogP contribution >= 0.6 is 24.8 Å². The minimum absolute atomic E-state index is 0. The first-order chi connectivity index (χ1) is 7.89. The second kappa shape index (κ2) is 11.5. The van der Waals surface area contributed by atoms with E-state index in [4.69, 9.17) is 0 Å². The average Bonchev–Trinajstić information content (AvgIpc) is 2.69. The van der Waals surface area contributed by atoms with Crippen LogP contribution in [0.3, 0.4) is 0 Å². The summed E-state index contributed by atoms with van der Waals surface area (Å²) in [6, 6.07) is 7.39. The van der Waals surface area contributed by atoms with E-state index in [1.807, 2.05) is 12.1 Å². The van der Waals surface area contributed by atoms with Gasteiger partial charge in [-0.3, -0.25) is 6.08 Å². The maximum atomic E-state index is 9.18. The molecule has 1 aromatic carbocycles. The summed E-state index contributed by atoms with van der Waals surface area (Å²) in [7, 11) is 0. The number of phenols is 1. The molecular weight excluding hydrogens is 327 g/mol. The van der Waals surface area contributed by atoms with E-state index in [0.717, 1.165) is 12.0 Å². The summed E-state index contributed by atoms with van der Waals surface area (Å²) in [6.07, 6.45) is 8.33. The molecule has 0 bridgehead atoms. The van der Waals surface area contributed by atoms with E-state index >= 15 is 0 Å². The number of allylic oxidation sites excluding steroid dienone is 4. The van der Waals surface area contributed by atoms with E-state index in [1.165, 1.54) is 5.57 Å². The third-order valence-electron chi connectivity index (χ3n) is 2.58. The van der Waals surface area contributed by atoms with Gasteiger partial charge < -0.3 is 5.11 Å². The molecule has 0 amide bonds. The molecule has 1 N–H and O–H groups in total. The maximum Gasteiger partial charge on any atom is 0.115 e. The molecule has 0 aromatic heterocycles.